The SMILES string of the molecule is Cc1cc(C)n2c(CNc3ncnc4sc(-c5ccccc5)cc34)nnc2n1. The van der Waals surface area contributed by atoms with Crippen molar-refractivity contribution in [2.75, 3.05) is 5.32 Å². The van der Waals surface area contributed by atoms with Gasteiger partial charge in [0.1, 0.15) is 17.0 Å². The normalized spacial score (nSPS) is 11.4. The van der Waals surface area contributed by atoms with Crippen molar-refractivity contribution in [3.8, 4) is 10.4 Å². The molecule has 8 heteroatoms. The van der Waals surface area contributed by atoms with E-state index in [2.05, 4.69) is 48.7 Å². The third-order valence-corrected chi connectivity index (χ3v) is 5.65. The van der Waals surface area contributed by atoms with E-state index in [-0.39, 0.29) is 0 Å². The van der Waals surface area contributed by atoms with Gasteiger partial charge in [-0.15, -0.1) is 21.5 Å². The van der Waals surface area contributed by atoms with Crippen LogP contribution in [0.4, 0.5) is 5.82 Å². The summed E-state index contributed by atoms with van der Waals surface area (Å²) in [5, 5.41) is 12.9. The third-order valence-electron chi connectivity index (χ3n) is 4.56. The number of nitrogens with zero attached hydrogens (tertiary/aromatic N) is 6. The number of rotatable bonds is 4. The van der Waals surface area contributed by atoms with Crippen LogP contribution in [0.2, 0.25) is 0 Å². The summed E-state index contributed by atoms with van der Waals surface area (Å²) < 4.78 is 1.96. The van der Waals surface area contributed by atoms with Crippen molar-refractivity contribution >= 4 is 33.1 Å². The maximum Gasteiger partial charge on any atom is 0.255 e. The van der Waals surface area contributed by atoms with Gasteiger partial charge in [-0.25, -0.2) is 15.0 Å². The van der Waals surface area contributed by atoms with E-state index < -0.39 is 0 Å². The zero-order chi connectivity index (χ0) is 19.1. The van der Waals surface area contributed by atoms with Gasteiger partial charge in [0.15, 0.2) is 5.82 Å². The molecule has 1 N–H and O–H groups in total. The molecule has 7 nitrogen and oxygen atoms in total. The molecule has 0 unspecified atom stereocenters. The van der Waals surface area contributed by atoms with Gasteiger partial charge in [0, 0.05) is 16.3 Å². The number of fused-ring (bicyclic) bond motifs is 2. The lowest BCUT2D eigenvalue weighted by Gasteiger charge is -2.07. The Morgan fingerprint density at radius 3 is 2.75 bits per heavy atom. The Morgan fingerprint density at radius 2 is 1.89 bits per heavy atom. The fourth-order valence-corrected chi connectivity index (χ4v) is 4.32. The standard InChI is InChI=1S/C20H17N7S/c1-12-8-13(2)27-17(25-26-20(27)24-12)10-21-18-15-9-16(14-6-4-3-5-7-14)28-19(15)23-11-22-18/h3-9,11H,10H2,1-2H3,(H,21,22,23). The van der Waals surface area contributed by atoms with Crippen LogP contribution in [0, 0.1) is 13.8 Å². The van der Waals surface area contributed by atoms with Crippen LogP contribution in [-0.2, 0) is 6.54 Å². The first-order chi connectivity index (χ1) is 13.7. The van der Waals surface area contributed by atoms with E-state index in [1.54, 1.807) is 17.7 Å². The van der Waals surface area contributed by atoms with Crippen molar-refractivity contribution in [3.05, 3.63) is 66.0 Å². The van der Waals surface area contributed by atoms with Crippen LogP contribution in [0.5, 0.6) is 0 Å². The number of hydrogen-bond donors (Lipinski definition) is 1. The summed E-state index contributed by atoms with van der Waals surface area (Å²) in [6, 6.07) is 14.5. The van der Waals surface area contributed by atoms with E-state index in [9.17, 15) is 0 Å². The highest BCUT2D eigenvalue weighted by Gasteiger charge is 2.13. The summed E-state index contributed by atoms with van der Waals surface area (Å²) in [5.41, 5.74) is 3.16. The van der Waals surface area contributed by atoms with E-state index in [4.69, 9.17) is 0 Å². The van der Waals surface area contributed by atoms with Gasteiger partial charge >= 0.3 is 0 Å². The first-order valence-electron chi connectivity index (χ1n) is 8.91. The third kappa shape index (κ3) is 2.87. The fourth-order valence-electron chi connectivity index (χ4n) is 3.32. The zero-order valence-electron chi connectivity index (χ0n) is 15.4. The number of aromatic nitrogens is 6. The first kappa shape index (κ1) is 16.8. The maximum absolute atomic E-state index is 4.44. The van der Waals surface area contributed by atoms with Gasteiger partial charge in [0.2, 0.25) is 0 Å². The Kier molecular flexibility index (Phi) is 3.98. The lowest BCUT2D eigenvalue weighted by molar-refractivity contribution is 0.888. The van der Waals surface area contributed by atoms with Gasteiger partial charge in [-0.1, -0.05) is 30.3 Å². The number of benzene rings is 1. The topological polar surface area (TPSA) is 80.9 Å². The summed E-state index contributed by atoms with van der Waals surface area (Å²) in [6.45, 7) is 4.48. The molecular weight excluding hydrogens is 370 g/mol. The minimum Gasteiger partial charge on any atom is -0.362 e. The number of nitrogens with one attached hydrogen (secondary N) is 1. The van der Waals surface area contributed by atoms with Crippen LogP contribution >= 0.6 is 11.3 Å². The smallest absolute Gasteiger partial charge is 0.255 e. The second kappa shape index (κ2) is 6.65. The molecule has 0 saturated heterocycles. The molecule has 0 bridgehead atoms. The molecule has 0 aliphatic carbocycles. The molecule has 0 saturated carbocycles. The monoisotopic (exact) mass is 387 g/mol. The molecule has 0 amide bonds. The van der Waals surface area contributed by atoms with Gasteiger partial charge in [0.05, 0.1) is 11.9 Å². The summed E-state index contributed by atoms with van der Waals surface area (Å²) in [6.07, 6.45) is 1.59. The predicted octanol–water partition coefficient (Wildman–Crippen LogP) is 4.02. The lowest BCUT2D eigenvalue weighted by Crippen LogP contribution is -2.08. The molecule has 0 radical (unpaired) electrons. The molecule has 28 heavy (non-hydrogen) atoms. The molecule has 5 aromatic rings. The van der Waals surface area contributed by atoms with E-state index >= 15 is 0 Å². The minimum absolute atomic E-state index is 0.495. The lowest BCUT2D eigenvalue weighted by atomic mass is 10.2. The molecule has 0 atom stereocenters. The van der Waals surface area contributed by atoms with Gasteiger partial charge in [0.25, 0.3) is 5.78 Å². The van der Waals surface area contributed by atoms with Crippen molar-refractivity contribution in [1.82, 2.24) is 29.5 Å². The van der Waals surface area contributed by atoms with Gasteiger partial charge < -0.3 is 5.32 Å². The van der Waals surface area contributed by atoms with Crippen LogP contribution in [0.1, 0.15) is 17.2 Å². The molecule has 0 fully saturated rings. The van der Waals surface area contributed by atoms with Crippen LogP contribution in [0.25, 0.3) is 26.4 Å². The quantitative estimate of drug-likeness (QED) is 0.502. The van der Waals surface area contributed by atoms with Gasteiger partial charge in [-0.3, -0.25) is 4.40 Å². The Hall–Kier alpha value is -3.39. The average Bonchev–Trinajstić information content (AvgIpc) is 3.31. The Balaban J connectivity index is 1.48. The highest BCUT2D eigenvalue weighted by Crippen LogP contribution is 2.34. The number of anilines is 1. The zero-order valence-corrected chi connectivity index (χ0v) is 16.2. The van der Waals surface area contributed by atoms with Gasteiger partial charge in [-0.2, -0.15) is 0 Å². The van der Waals surface area contributed by atoms with Crippen molar-refractivity contribution < 1.29 is 0 Å². The van der Waals surface area contributed by atoms with Gasteiger partial charge in [-0.05, 0) is 31.5 Å². The fraction of sp³-hybridized carbons (Fsp3) is 0.150. The molecular formula is C20H17N7S. The maximum atomic E-state index is 4.44. The van der Waals surface area contributed by atoms with Crippen LogP contribution in [0.3, 0.4) is 0 Å². The molecule has 0 spiro atoms. The predicted molar refractivity (Wildman–Crippen MR) is 110 cm³/mol. The molecule has 138 valence electrons. The van der Waals surface area contributed by atoms with Crippen molar-refractivity contribution in [2.45, 2.75) is 20.4 Å². The van der Waals surface area contributed by atoms with Crippen molar-refractivity contribution in [1.29, 1.82) is 0 Å². The van der Waals surface area contributed by atoms with E-state index in [1.165, 1.54) is 10.4 Å². The van der Waals surface area contributed by atoms with E-state index in [1.807, 2.05) is 42.5 Å². The number of thiophene rings is 1. The van der Waals surface area contributed by atoms with Crippen LogP contribution in [-0.4, -0.2) is 29.5 Å². The van der Waals surface area contributed by atoms with Crippen LogP contribution < -0.4 is 5.32 Å². The van der Waals surface area contributed by atoms with Crippen molar-refractivity contribution in [3.63, 3.8) is 0 Å². The first-order valence-corrected chi connectivity index (χ1v) is 9.73. The number of aryl methyl sites for hydroxylation is 2. The summed E-state index contributed by atoms with van der Waals surface area (Å²) in [5.74, 6) is 2.20. The summed E-state index contributed by atoms with van der Waals surface area (Å²) in [4.78, 5) is 15.4. The highest BCUT2D eigenvalue weighted by molar-refractivity contribution is 7.21. The molecule has 0 aliphatic rings. The largest absolute Gasteiger partial charge is 0.362 e. The molecule has 4 aromatic heterocycles. The van der Waals surface area contributed by atoms with E-state index in [0.717, 1.165) is 33.2 Å². The van der Waals surface area contributed by atoms with Crippen LogP contribution in [0.15, 0.2) is 48.8 Å². The van der Waals surface area contributed by atoms with E-state index in [0.29, 0.717) is 12.3 Å². The Labute approximate surface area is 165 Å². The molecule has 0 aliphatic heterocycles. The number of hydrogen-bond acceptors (Lipinski definition) is 7. The average molecular weight is 387 g/mol. The summed E-state index contributed by atoms with van der Waals surface area (Å²) >= 11 is 1.66. The molecule has 4 heterocycles. The summed E-state index contributed by atoms with van der Waals surface area (Å²) in [7, 11) is 0. The van der Waals surface area contributed by atoms with Crippen molar-refractivity contribution in [2.24, 2.45) is 0 Å². The second-order valence-electron chi connectivity index (χ2n) is 6.56. The Morgan fingerprint density at radius 1 is 1.04 bits per heavy atom. The molecule has 5 rings (SSSR count). The Bertz CT molecular complexity index is 1290. The minimum atomic E-state index is 0.495. The molecule has 1 aromatic carbocycles. The second-order valence-corrected chi connectivity index (χ2v) is 7.59. The highest BCUT2D eigenvalue weighted by atomic mass is 32.1.